The Kier molecular flexibility index (Phi) is 2.77. The Morgan fingerprint density at radius 3 is 2.93 bits per heavy atom. The van der Waals surface area contributed by atoms with Crippen LogP contribution in [0.1, 0.15) is 13.3 Å². The molecular formula is C9H18N6. The summed E-state index contributed by atoms with van der Waals surface area (Å²) >= 11 is 0. The molecule has 0 aliphatic carbocycles. The molecule has 1 aromatic heterocycles. The number of aromatic nitrogens is 3. The summed E-state index contributed by atoms with van der Waals surface area (Å²) in [6, 6.07) is 0.582. The second-order valence-corrected chi connectivity index (χ2v) is 4.01. The lowest BCUT2D eigenvalue weighted by molar-refractivity contribution is 0.212. The Bertz CT molecular complexity index is 322. The molecule has 0 spiro atoms. The minimum absolute atomic E-state index is 0.386. The van der Waals surface area contributed by atoms with Crippen molar-refractivity contribution in [1.29, 1.82) is 0 Å². The summed E-state index contributed by atoms with van der Waals surface area (Å²) in [6.07, 6.45) is 1.15. The van der Waals surface area contributed by atoms with Crippen LogP contribution in [0, 0.1) is 0 Å². The molecule has 1 atom stereocenters. The highest BCUT2D eigenvalue weighted by Crippen LogP contribution is 2.15. The monoisotopic (exact) mass is 210 g/mol. The number of likely N-dealkylation sites (N-methyl/N-ethyl adjacent to an activating group) is 1. The normalized spacial score (nSPS) is 23.3. The average molecular weight is 210 g/mol. The number of nitrogen functional groups attached to an aromatic ring is 1. The third-order valence-electron chi connectivity index (χ3n) is 3.02. The first-order valence-corrected chi connectivity index (χ1v) is 5.33. The van der Waals surface area contributed by atoms with Crippen molar-refractivity contribution in [2.24, 2.45) is 0 Å². The highest BCUT2D eigenvalue weighted by Gasteiger charge is 2.24. The van der Waals surface area contributed by atoms with Crippen LogP contribution in [0.15, 0.2) is 0 Å². The van der Waals surface area contributed by atoms with E-state index < -0.39 is 0 Å². The number of piperazine rings is 1. The maximum absolute atomic E-state index is 5.51. The molecule has 1 aromatic rings. The fraction of sp³-hybridized carbons (Fsp3) is 0.778. The number of rotatable bonds is 2. The molecule has 3 N–H and O–H groups in total. The van der Waals surface area contributed by atoms with Crippen LogP contribution >= 0.6 is 0 Å². The molecule has 2 heterocycles. The van der Waals surface area contributed by atoms with E-state index >= 15 is 0 Å². The van der Waals surface area contributed by atoms with E-state index in [2.05, 4.69) is 39.0 Å². The third-order valence-corrected chi connectivity index (χ3v) is 3.02. The van der Waals surface area contributed by atoms with E-state index in [1.165, 1.54) is 0 Å². The summed E-state index contributed by atoms with van der Waals surface area (Å²) in [4.78, 5) is 8.71. The van der Waals surface area contributed by atoms with Crippen LogP contribution in [-0.4, -0.2) is 52.8 Å². The van der Waals surface area contributed by atoms with Crippen molar-refractivity contribution in [1.82, 2.24) is 20.1 Å². The van der Waals surface area contributed by atoms with Crippen molar-refractivity contribution < 1.29 is 0 Å². The number of hydrogen-bond donors (Lipinski definition) is 2. The summed E-state index contributed by atoms with van der Waals surface area (Å²) in [6.45, 7) is 5.19. The zero-order chi connectivity index (χ0) is 10.8. The minimum Gasteiger partial charge on any atom is -0.368 e. The van der Waals surface area contributed by atoms with Gasteiger partial charge in [0, 0.05) is 25.7 Å². The summed E-state index contributed by atoms with van der Waals surface area (Å²) in [5, 5.41) is 6.75. The van der Waals surface area contributed by atoms with Gasteiger partial charge in [-0.05, 0) is 13.5 Å². The van der Waals surface area contributed by atoms with Gasteiger partial charge < -0.3 is 10.6 Å². The molecule has 0 saturated carbocycles. The smallest absolute Gasteiger partial charge is 0.246 e. The van der Waals surface area contributed by atoms with Gasteiger partial charge in [-0.1, -0.05) is 6.92 Å². The van der Waals surface area contributed by atoms with Crippen molar-refractivity contribution in [3.8, 4) is 0 Å². The standard InChI is InChI=1S/C9H18N6/c1-3-7-6-15(5-4-14(7)2)9-11-8(10)12-13-9/h7H,3-6H2,1-2H3,(H3,10,11,12,13). The van der Waals surface area contributed by atoms with Crippen molar-refractivity contribution in [3.63, 3.8) is 0 Å². The second-order valence-electron chi connectivity index (χ2n) is 4.01. The summed E-state index contributed by atoms with van der Waals surface area (Å²) < 4.78 is 0. The predicted octanol–water partition coefficient (Wildman–Crippen LogP) is -0.0827. The van der Waals surface area contributed by atoms with Gasteiger partial charge in [-0.2, -0.15) is 4.98 Å². The van der Waals surface area contributed by atoms with Gasteiger partial charge in [-0.25, -0.2) is 5.10 Å². The molecule has 0 radical (unpaired) electrons. The molecule has 84 valence electrons. The van der Waals surface area contributed by atoms with E-state index in [0.29, 0.717) is 12.0 Å². The number of nitrogens with zero attached hydrogens (tertiary/aromatic N) is 4. The molecule has 2 rings (SSSR count). The van der Waals surface area contributed by atoms with E-state index in [1.54, 1.807) is 0 Å². The van der Waals surface area contributed by atoms with Crippen LogP contribution in [0.5, 0.6) is 0 Å². The summed E-state index contributed by atoms with van der Waals surface area (Å²) in [5.41, 5.74) is 5.51. The number of hydrogen-bond acceptors (Lipinski definition) is 5. The molecule has 6 heteroatoms. The Morgan fingerprint density at radius 2 is 2.33 bits per heavy atom. The molecule has 1 unspecified atom stereocenters. The number of nitrogens with one attached hydrogen (secondary N) is 1. The molecule has 1 aliphatic heterocycles. The van der Waals surface area contributed by atoms with Crippen LogP contribution in [0.3, 0.4) is 0 Å². The van der Waals surface area contributed by atoms with Crippen LogP contribution in [0.4, 0.5) is 11.9 Å². The minimum atomic E-state index is 0.386. The van der Waals surface area contributed by atoms with Gasteiger partial charge in [0.15, 0.2) is 0 Å². The lowest BCUT2D eigenvalue weighted by Crippen LogP contribution is -2.51. The lowest BCUT2D eigenvalue weighted by atomic mass is 10.1. The van der Waals surface area contributed by atoms with Gasteiger partial charge in [-0.3, -0.25) is 4.90 Å². The van der Waals surface area contributed by atoms with E-state index in [0.717, 1.165) is 32.0 Å². The zero-order valence-electron chi connectivity index (χ0n) is 9.27. The van der Waals surface area contributed by atoms with E-state index in [-0.39, 0.29) is 0 Å². The molecule has 0 bridgehead atoms. The van der Waals surface area contributed by atoms with Crippen molar-refractivity contribution in [3.05, 3.63) is 0 Å². The maximum atomic E-state index is 5.51. The van der Waals surface area contributed by atoms with E-state index in [1.807, 2.05) is 0 Å². The Labute approximate surface area is 89.5 Å². The van der Waals surface area contributed by atoms with Crippen LogP contribution in [-0.2, 0) is 0 Å². The first-order valence-electron chi connectivity index (χ1n) is 5.33. The third kappa shape index (κ3) is 2.04. The summed E-state index contributed by atoms with van der Waals surface area (Å²) in [5.74, 6) is 1.11. The molecule has 1 fully saturated rings. The van der Waals surface area contributed by atoms with Gasteiger partial charge in [-0.15, -0.1) is 5.10 Å². The van der Waals surface area contributed by atoms with Gasteiger partial charge in [0.2, 0.25) is 11.9 Å². The second kappa shape index (κ2) is 4.06. The van der Waals surface area contributed by atoms with Crippen molar-refractivity contribution in [2.45, 2.75) is 19.4 Å². The molecule has 6 nitrogen and oxygen atoms in total. The average Bonchev–Trinajstić information content (AvgIpc) is 2.66. The first-order chi connectivity index (χ1) is 7.20. The molecule has 0 aromatic carbocycles. The van der Waals surface area contributed by atoms with Gasteiger partial charge in [0.25, 0.3) is 0 Å². The quantitative estimate of drug-likeness (QED) is 0.714. The fourth-order valence-corrected chi connectivity index (χ4v) is 1.97. The molecule has 1 aliphatic rings. The van der Waals surface area contributed by atoms with Crippen LogP contribution < -0.4 is 10.6 Å². The van der Waals surface area contributed by atoms with Crippen LogP contribution in [0.2, 0.25) is 0 Å². The number of anilines is 2. The first kappa shape index (κ1) is 10.2. The van der Waals surface area contributed by atoms with Gasteiger partial charge >= 0.3 is 0 Å². The topological polar surface area (TPSA) is 74.1 Å². The van der Waals surface area contributed by atoms with Gasteiger partial charge in [0.1, 0.15) is 0 Å². The van der Waals surface area contributed by atoms with E-state index in [9.17, 15) is 0 Å². The Morgan fingerprint density at radius 1 is 1.53 bits per heavy atom. The van der Waals surface area contributed by atoms with Gasteiger partial charge in [0.05, 0.1) is 0 Å². The highest BCUT2D eigenvalue weighted by molar-refractivity contribution is 5.34. The SMILES string of the molecule is CCC1CN(c2n[nH]c(N)n2)CCN1C. The van der Waals surface area contributed by atoms with Crippen LogP contribution in [0.25, 0.3) is 0 Å². The summed E-state index contributed by atoms with van der Waals surface area (Å²) in [7, 11) is 2.16. The molecule has 15 heavy (non-hydrogen) atoms. The van der Waals surface area contributed by atoms with Crippen molar-refractivity contribution >= 4 is 11.9 Å². The van der Waals surface area contributed by atoms with Crippen molar-refractivity contribution in [2.75, 3.05) is 37.3 Å². The number of aromatic amines is 1. The van der Waals surface area contributed by atoms with E-state index in [4.69, 9.17) is 5.73 Å². The molecular weight excluding hydrogens is 192 g/mol. The zero-order valence-corrected chi connectivity index (χ0v) is 9.27. The Hall–Kier alpha value is -1.30. The molecule has 0 amide bonds. The maximum Gasteiger partial charge on any atom is 0.246 e. The number of nitrogens with two attached hydrogens (primary N) is 1. The predicted molar refractivity (Wildman–Crippen MR) is 59.7 cm³/mol. The largest absolute Gasteiger partial charge is 0.368 e. The molecule has 1 saturated heterocycles. The fourth-order valence-electron chi connectivity index (χ4n) is 1.97. The highest BCUT2D eigenvalue weighted by atomic mass is 15.4. The Balaban J connectivity index is 2.06. The number of H-pyrrole nitrogens is 1. The lowest BCUT2D eigenvalue weighted by Gasteiger charge is -2.38.